The first-order chi connectivity index (χ1) is 10.1. The average Bonchev–Trinajstić information content (AvgIpc) is 2.88. The van der Waals surface area contributed by atoms with Crippen molar-refractivity contribution in [3.8, 4) is 5.75 Å². The van der Waals surface area contributed by atoms with Crippen molar-refractivity contribution in [2.24, 2.45) is 0 Å². The molecule has 1 unspecified atom stereocenters. The fourth-order valence-corrected chi connectivity index (χ4v) is 2.44. The van der Waals surface area contributed by atoms with Gasteiger partial charge in [-0.05, 0) is 29.8 Å². The van der Waals surface area contributed by atoms with Gasteiger partial charge in [-0.15, -0.1) is 0 Å². The normalized spacial score (nSPS) is 16.1. The fraction of sp³-hybridized carbons (Fsp3) is 0.188. The molecule has 2 aromatic rings. The van der Waals surface area contributed by atoms with Crippen molar-refractivity contribution in [3.05, 3.63) is 59.4 Å². The molecule has 0 aliphatic carbocycles. The summed E-state index contributed by atoms with van der Waals surface area (Å²) in [7, 11) is 0. The minimum absolute atomic E-state index is 0.0610. The minimum atomic E-state index is -1.16. The summed E-state index contributed by atoms with van der Waals surface area (Å²) in [5.74, 6) is -0.864. The summed E-state index contributed by atoms with van der Waals surface area (Å²) >= 11 is 0. The van der Waals surface area contributed by atoms with Crippen LogP contribution >= 0.6 is 0 Å². The monoisotopic (exact) mass is 287 g/mol. The second-order valence-electron chi connectivity index (χ2n) is 4.93. The number of carbonyl (C=O) groups is 1. The quantitative estimate of drug-likeness (QED) is 0.907. The Hall–Kier alpha value is -2.56. The molecule has 0 bridgehead atoms. The summed E-state index contributed by atoms with van der Waals surface area (Å²) < 4.78 is 18.9. The van der Waals surface area contributed by atoms with E-state index in [1.165, 1.54) is 12.1 Å². The van der Waals surface area contributed by atoms with E-state index in [1.807, 2.05) is 24.3 Å². The number of aromatic carboxylic acids is 1. The number of nitrogens with one attached hydrogen (secondary N) is 1. The van der Waals surface area contributed by atoms with Gasteiger partial charge in [0.1, 0.15) is 17.7 Å². The number of para-hydroxylation sites is 1. The molecule has 0 amide bonds. The van der Waals surface area contributed by atoms with Crippen molar-refractivity contribution in [1.82, 2.24) is 0 Å². The maximum absolute atomic E-state index is 13.1. The molecule has 3 rings (SSSR count). The first kappa shape index (κ1) is 13.4. The number of hydrogen-bond acceptors (Lipinski definition) is 3. The summed E-state index contributed by atoms with van der Waals surface area (Å²) in [5.41, 5.74) is 1.45. The SMILES string of the molecule is O=C(O)c1cc(F)ccc1NCC1Cc2ccccc2O1. The third-order valence-electron chi connectivity index (χ3n) is 3.45. The Morgan fingerprint density at radius 3 is 2.90 bits per heavy atom. The second-order valence-corrected chi connectivity index (χ2v) is 4.93. The fourth-order valence-electron chi connectivity index (χ4n) is 2.44. The van der Waals surface area contributed by atoms with Crippen molar-refractivity contribution in [1.29, 1.82) is 0 Å². The molecule has 0 fully saturated rings. The second kappa shape index (κ2) is 5.44. The molecule has 0 radical (unpaired) electrons. The van der Waals surface area contributed by atoms with E-state index < -0.39 is 11.8 Å². The number of hydrogen-bond donors (Lipinski definition) is 2. The summed E-state index contributed by atoms with van der Waals surface area (Å²) in [6, 6.07) is 11.5. The van der Waals surface area contributed by atoms with Gasteiger partial charge in [0.05, 0.1) is 12.1 Å². The van der Waals surface area contributed by atoms with E-state index in [0.717, 1.165) is 23.8 Å². The molecular formula is C16H14FNO3. The van der Waals surface area contributed by atoms with E-state index in [9.17, 15) is 9.18 Å². The van der Waals surface area contributed by atoms with Crippen LogP contribution in [0.5, 0.6) is 5.75 Å². The summed E-state index contributed by atoms with van der Waals surface area (Å²) in [4.78, 5) is 11.1. The maximum atomic E-state index is 13.1. The third kappa shape index (κ3) is 2.81. The van der Waals surface area contributed by atoms with E-state index in [4.69, 9.17) is 9.84 Å². The zero-order valence-corrected chi connectivity index (χ0v) is 11.2. The number of carboxylic acid groups (broad SMARTS) is 1. The van der Waals surface area contributed by atoms with E-state index in [2.05, 4.69) is 5.32 Å². The molecule has 1 heterocycles. The molecule has 21 heavy (non-hydrogen) atoms. The molecule has 5 heteroatoms. The van der Waals surface area contributed by atoms with Gasteiger partial charge in [0.25, 0.3) is 0 Å². The molecule has 1 aliphatic rings. The van der Waals surface area contributed by atoms with Crippen LogP contribution in [-0.4, -0.2) is 23.7 Å². The van der Waals surface area contributed by atoms with Crippen molar-refractivity contribution >= 4 is 11.7 Å². The van der Waals surface area contributed by atoms with E-state index in [-0.39, 0.29) is 11.7 Å². The van der Waals surface area contributed by atoms with Gasteiger partial charge in [0, 0.05) is 12.1 Å². The van der Waals surface area contributed by atoms with Crippen molar-refractivity contribution < 1.29 is 19.0 Å². The minimum Gasteiger partial charge on any atom is -0.488 e. The molecule has 2 aromatic carbocycles. The highest BCUT2D eigenvalue weighted by Crippen LogP contribution is 2.28. The van der Waals surface area contributed by atoms with Gasteiger partial charge in [0.15, 0.2) is 0 Å². The zero-order chi connectivity index (χ0) is 14.8. The molecule has 2 N–H and O–H groups in total. The molecular weight excluding hydrogens is 273 g/mol. The Kier molecular flexibility index (Phi) is 3.48. The number of benzene rings is 2. The van der Waals surface area contributed by atoms with Crippen molar-refractivity contribution in [3.63, 3.8) is 0 Å². The van der Waals surface area contributed by atoms with Crippen LogP contribution in [0, 0.1) is 5.82 Å². The summed E-state index contributed by atoms with van der Waals surface area (Å²) in [5, 5.41) is 12.1. The molecule has 4 nitrogen and oxygen atoms in total. The highest BCUT2D eigenvalue weighted by molar-refractivity contribution is 5.94. The van der Waals surface area contributed by atoms with E-state index in [1.54, 1.807) is 0 Å². The zero-order valence-electron chi connectivity index (χ0n) is 11.2. The van der Waals surface area contributed by atoms with Crippen LogP contribution < -0.4 is 10.1 Å². The van der Waals surface area contributed by atoms with Gasteiger partial charge in [-0.1, -0.05) is 18.2 Å². The van der Waals surface area contributed by atoms with Gasteiger partial charge in [-0.2, -0.15) is 0 Å². The topological polar surface area (TPSA) is 58.6 Å². The number of anilines is 1. The Morgan fingerprint density at radius 2 is 2.14 bits per heavy atom. The molecule has 1 atom stereocenters. The average molecular weight is 287 g/mol. The molecule has 1 aliphatic heterocycles. The van der Waals surface area contributed by atoms with Gasteiger partial charge in [-0.3, -0.25) is 0 Å². The van der Waals surface area contributed by atoms with Crippen LogP contribution in [0.4, 0.5) is 10.1 Å². The maximum Gasteiger partial charge on any atom is 0.337 e. The highest BCUT2D eigenvalue weighted by atomic mass is 19.1. The standard InChI is InChI=1S/C16H14FNO3/c17-11-5-6-14(13(8-11)16(19)20)18-9-12-7-10-3-1-2-4-15(10)21-12/h1-6,8,12,18H,7,9H2,(H,19,20). The van der Waals surface area contributed by atoms with Crippen LogP contribution in [0.15, 0.2) is 42.5 Å². The van der Waals surface area contributed by atoms with E-state index in [0.29, 0.717) is 12.2 Å². The first-order valence-corrected chi connectivity index (χ1v) is 6.65. The van der Waals surface area contributed by atoms with Gasteiger partial charge in [0.2, 0.25) is 0 Å². The highest BCUT2D eigenvalue weighted by Gasteiger charge is 2.22. The number of halogens is 1. The summed E-state index contributed by atoms with van der Waals surface area (Å²) in [6.07, 6.45) is 0.710. The van der Waals surface area contributed by atoms with Crippen LogP contribution in [0.3, 0.4) is 0 Å². The Labute approximate surface area is 121 Å². The number of ether oxygens (including phenoxy) is 1. The number of rotatable bonds is 4. The van der Waals surface area contributed by atoms with Crippen LogP contribution in [0.1, 0.15) is 15.9 Å². The molecule has 0 aromatic heterocycles. The molecule has 0 saturated heterocycles. The first-order valence-electron chi connectivity index (χ1n) is 6.65. The van der Waals surface area contributed by atoms with Crippen LogP contribution in [0.25, 0.3) is 0 Å². The predicted molar refractivity (Wildman–Crippen MR) is 76.4 cm³/mol. The third-order valence-corrected chi connectivity index (χ3v) is 3.45. The van der Waals surface area contributed by atoms with Crippen molar-refractivity contribution in [2.75, 3.05) is 11.9 Å². The number of fused-ring (bicyclic) bond motifs is 1. The summed E-state index contributed by atoms with van der Waals surface area (Å²) in [6.45, 7) is 0.459. The Balaban J connectivity index is 1.68. The van der Waals surface area contributed by atoms with Crippen molar-refractivity contribution in [2.45, 2.75) is 12.5 Å². The van der Waals surface area contributed by atoms with Crippen LogP contribution in [0.2, 0.25) is 0 Å². The molecule has 0 saturated carbocycles. The van der Waals surface area contributed by atoms with E-state index >= 15 is 0 Å². The Morgan fingerprint density at radius 1 is 1.33 bits per heavy atom. The van der Waals surface area contributed by atoms with Gasteiger partial charge >= 0.3 is 5.97 Å². The van der Waals surface area contributed by atoms with Crippen LogP contribution in [-0.2, 0) is 6.42 Å². The lowest BCUT2D eigenvalue weighted by atomic mass is 10.1. The smallest absolute Gasteiger partial charge is 0.337 e. The number of carboxylic acids is 1. The lowest BCUT2D eigenvalue weighted by Gasteiger charge is -2.14. The molecule has 0 spiro atoms. The molecule has 108 valence electrons. The van der Waals surface area contributed by atoms with Gasteiger partial charge < -0.3 is 15.2 Å². The largest absolute Gasteiger partial charge is 0.488 e. The predicted octanol–water partition coefficient (Wildman–Crippen LogP) is 2.94. The van der Waals surface area contributed by atoms with Gasteiger partial charge in [-0.25, -0.2) is 9.18 Å². The lowest BCUT2D eigenvalue weighted by molar-refractivity contribution is 0.0697. The lowest BCUT2D eigenvalue weighted by Crippen LogP contribution is -2.24. The Bertz CT molecular complexity index is 662.